The zero-order valence-electron chi connectivity index (χ0n) is 17.5. The quantitative estimate of drug-likeness (QED) is 0.450. The summed E-state index contributed by atoms with van der Waals surface area (Å²) in [7, 11) is 0. The van der Waals surface area contributed by atoms with Gasteiger partial charge in [-0.3, -0.25) is 14.2 Å². The molecule has 1 aromatic heterocycles. The highest BCUT2D eigenvalue weighted by Crippen LogP contribution is 2.31. The zero-order chi connectivity index (χ0) is 21.8. The predicted molar refractivity (Wildman–Crippen MR) is 121 cm³/mol. The number of rotatable bonds is 7. The van der Waals surface area contributed by atoms with Gasteiger partial charge in [-0.1, -0.05) is 43.0 Å². The van der Waals surface area contributed by atoms with Gasteiger partial charge in [-0.25, -0.2) is 4.98 Å². The third-order valence-corrected chi connectivity index (χ3v) is 6.11. The Kier molecular flexibility index (Phi) is 6.46. The molecule has 4 rings (SSSR count). The lowest BCUT2D eigenvalue weighted by molar-refractivity contribution is -0.119. The molecule has 31 heavy (non-hydrogen) atoms. The van der Waals surface area contributed by atoms with Crippen molar-refractivity contribution in [3.05, 3.63) is 58.9 Å². The molecule has 0 aliphatic carbocycles. The van der Waals surface area contributed by atoms with Crippen LogP contribution in [0.25, 0.3) is 10.9 Å². The van der Waals surface area contributed by atoms with Crippen LogP contribution in [0.2, 0.25) is 0 Å². The van der Waals surface area contributed by atoms with E-state index in [9.17, 15) is 9.59 Å². The van der Waals surface area contributed by atoms with Crippen LogP contribution in [0.4, 0.5) is 0 Å². The maximum absolute atomic E-state index is 13.3. The summed E-state index contributed by atoms with van der Waals surface area (Å²) in [5.41, 5.74) is 0.456. The van der Waals surface area contributed by atoms with Crippen molar-refractivity contribution in [1.82, 2.24) is 14.9 Å². The molecule has 0 unspecified atom stereocenters. The number of carbonyl (C=O) groups excluding carboxylic acids is 1. The Morgan fingerprint density at radius 3 is 2.77 bits per heavy atom. The van der Waals surface area contributed by atoms with E-state index in [2.05, 4.69) is 10.3 Å². The number of hydrogen-bond donors (Lipinski definition) is 1. The molecule has 1 aliphatic rings. The van der Waals surface area contributed by atoms with Gasteiger partial charge >= 0.3 is 0 Å². The van der Waals surface area contributed by atoms with E-state index in [1.807, 2.05) is 50.2 Å². The fourth-order valence-corrected chi connectivity index (χ4v) is 4.14. The van der Waals surface area contributed by atoms with Crippen molar-refractivity contribution >= 4 is 28.6 Å². The number of para-hydroxylation sites is 3. The van der Waals surface area contributed by atoms with Gasteiger partial charge in [0, 0.05) is 6.04 Å². The number of hydrogen-bond acceptors (Lipinski definition) is 6. The minimum Gasteiger partial charge on any atom is -0.486 e. The molecular formula is C23H25N3O4S. The van der Waals surface area contributed by atoms with E-state index in [4.69, 9.17) is 9.47 Å². The van der Waals surface area contributed by atoms with Gasteiger partial charge < -0.3 is 14.8 Å². The van der Waals surface area contributed by atoms with Crippen molar-refractivity contribution in [1.29, 1.82) is 0 Å². The number of amides is 1. The molecular weight excluding hydrogens is 414 g/mol. The van der Waals surface area contributed by atoms with Crippen LogP contribution in [-0.4, -0.2) is 40.0 Å². The number of fused-ring (bicyclic) bond motifs is 2. The van der Waals surface area contributed by atoms with E-state index in [0.29, 0.717) is 34.2 Å². The third-order valence-electron chi connectivity index (χ3n) is 5.13. The van der Waals surface area contributed by atoms with Gasteiger partial charge in [-0.2, -0.15) is 0 Å². The zero-order valence-corrected chi connectivity index (χ0v) is 18.4. The lowest BCUT2D eigenvalue weighted by atomic mass is 10.2. The number of benzene rings is 2. The van der Waals surface area contributed by atoms with Crippen molar-refractivity contribution in [2.45, 2.75) is 44.1 Å². The average Bonchev–Trinajstić information content (AvgIpc) is 2.79. The van der Waals surface area contributed by atoms with Gasteiger partial charge in [0.2, 0.25) is 5.91 Å². The molecule has 0 radical (unpaired) electrons. The molecule has 7 nitrogen and oxygen atoms in total. The first kappa shape index (κ1) is 21.2. The Balaban J connectivity index is 1.60. The van der Waals surface area contributed by atoms with Crippen LogP contribution in [0.3, 0.4) is 0 Å². The number of nitrogens with one attached hydrogen (secondary N) is 1. The molecule has 0 bridgehead atoms. The second-order valence-electron chi connectivity index (χ2n) is 7.49. The predicted octanol–water partition coefficient (Wildman–Crippen LogP) is 3.24. The van der Waals surface area contributed by atoms with Crippen LogP contribution in [-0.2, 0) is 11.3 Å². The van der Waals surface area contributed by atoms with Gasteiger partial charge in [0.1, 0.15) is 6.61 Å². The van der Waals surface area contributed by atoms with Crippen molar-refractivity contribution in [3.63, 3.8) is 0 Å². The molecule has 2 aromatic carbocycles. The van der Waals surface area contributed by atoms with E-state index in [1.54, 1.807) is 16.7 Å². The fraction of sp³-hybridized carbons (Fsp3) is 0.348. The standard InChI is InChI=1S/C23H25N3O4S/c1-3-15(2)24-21(27)14-31-23-25-18-9-5-4-8-17(18)22(28)26(23)12-16-13-29-19-10-6-7-11-20(19)30-16/h4-11,15-16H,3,12-14H2,1-2H3,(H,24,27)/t15-,16+/m0/s1. The highest BCUT2D eigenvalue weighted by molar-refractivity contribution is 7.99. The van der Waals surface area contributed by atoms with Crippen LogP contribution >= 0.6 is 11.8 Å². The van der Waals surface area contributed by atoms with Crippen LogP contribution in [0.1, 0.15) is 20.3 Å². The van der Waals surface area contributed by atoms with Crippen LogP contribution in [0.15, 0.2) is 58.5 Å². The molecule has 1 aliphatic heterocycles. The highest BCUT2D eigenvalue weighted by Gasteiger charge is 2.24. The number of aromatic nitrogens is 2. The van der Waals surface area contributed by atoms with Crippen molar-refractivity contribution in [2.24, 2.45) is 0 Å². The second-order valence-corrected chi connectivity index (χ2v) is 8.43. The first-order chi connectivity index (χ1) is 15.0. The second kappa shape index (κ2) is 9.43. The van der Waals surface area contributed by atoms with Gasteiger partial charge in [0.15, 0.2) is 22.8 Å². The Morgan fingerprint density at radius 1 is 1.23 bits per heavy atom. The summed E-state index contributed by atoms with van der Waals surface area (Å²) < 4.78 is 13.4. The van der Waals surface area contributed by atoms with Crippen molar-refractivity contribution < 1.29 is 14.3 Å². The minimum atomic E-state index is -0.344. The highest BCUT2D eigenvalue weighted by atomic mass is 32.2. The molecule has 0 saturated heterocycles. The number of thioether (sulfide) groups is 1. The average molecular weight is 440 g/mol. The molecule has 2 atom stereocenters. The summed E-state index contributed by atoms with van der Waals surface area (Å²) >= 11 is 1.25. The lowest BCUT2D eigenvalue weighted by Crippen LogP contribution is -2.38. The van der Waals surface area contributed by atoms with Crippen LogP contribution in [0.5, 0.6) is 11.5 Å². The Hall–Kier alpha value is -3.00. The lowest BCUT2D eigenvalue weighted by Gasteiger charge is -2.27. The number of ether oxygens (including phenoxy) is 2. The molecule has 2 heterocycles. The first-order valence-corrected chi connectivity index (χ1v) is 11.3. The van der Waals surface area contributed by atoms with E-state index >= 15 is 0 Å². The minimum absolute atomic E-state index is 0.0838. The molecule has 1 N–H and O–H groups in total. The van der Waals surface area contributed by atoms with Crippen LogP contribution < -0.4 is 20.3 Å². The third kappa shape index (κ3) is 4.85. The molecule has 0 fully saturated rings. The van der Waals surface area contributed by atoms with Gasteiger partial charge in [0.25, 0.3) is 5.56 Å². The van der Waals surface area contributed by atoms with Crippen molar-refractivity contribution in [3.8, 4) is 11.5 Å². The fourth-order valence-electron chi connectivity index (χ4n) is 3.32. The van der Waals surface area contributed by atoms with Gasteiger partial charge in [-0.15, -0.1) is 0 Å². The Labute approximate surface area is 184 Å². The van der Waals surface area contributed by atoms with Gasteiger partial charge in [-0.05, 0) is 37.6 Å². The Morgan fingerprint density at radius 2 is 1.97 bits per heavy atom. The summed E-state index contributed by atoms with van der Waals surface area (Å²) in [6.07, 6.45) is 0.513. The van der Waals surface area contributed by atoms with E-state index in [0.717, 1.165) is 6.42 Å². The molecule has 3 aromatic rings. The summed E-state index contributed by atoms with van der Waals surface area (Å²) in [6, 6.07) is 14.8. The number of carbonyl (C=O) groups is 1. The summed E-state index contributed by atoms with van der Waals surface area (Å²) in [6.45, 7) is 4.59. The molecule has 1 amide bonds. The normalized spacial score (nSPS) is 16.1. The maximum atomic E-state index is 13.3. The van der Waals surface area contributed by atoms with Gasteiger partial charge in [0.05, 0.1) is 23.2 Å². The first-order valence-electron chi connectivity index (χ1n) is 10.4. The smallest absolute Gasteiger partial charge is 0.262 e. The molecule has 0 saturated carbocycles. The summed E-state index contributed by atoms with van der Waals surface area (Å²) in [4.78, 5) is 30.2. The number of nitrogens with zero attached hydrogens (tertiary/aromatic N) is 2. The van der Waals surface area contributed by atoms with E-state index in [-0.39, 0.29) is 35.9 Å². The Bertz CT molecular complexity index is 1150. The SMILES string of the molecule is CC[C@H](C)NC(=O)CSc1nc2ccccc2c(=O)n1C[C@@H]1COc2ccccc2O1. The van der Waals surface area contributed by atoms with E-state index < -0.39 is 0 Å². The maximum Gasteiger partial charge on any atom is 0.262 e. The van der Waals surface area contributed by atoms with Crippen molar-refractivity contribution in [2.75, 3.05) is 12.4 Å². The topological polar surface area (TPSA) is 82.5 Å². The molecule has 8 heteroatoms. The molecule has 0 spiro atoms. The summed E-state index contributed by atoms with van der Waals surface area (Å²) in [5, 5.41) is 3.97. The molecule has 162 valence electrons. The van der Waals surface area contributed by atoms with E-state index in [1.165, 1.54) is 11.8 Å². The monoisotopic (exact) mass is 439 g/mol. The largest absolute Gasteiger partial charge is 0.486 e. The summed E-state index contributed by atoms with van der Waals surface area (Å²) in [5.74, 6) is 1.45. The van der Waals surface area contributed by atoms with Crippen LogP contribution in [0, 0.1) is 0 Å².